The molecule has 2 aliphatic rings. The van der Waals surface area contributed by atoms with Crippen LogP contribution in [0, 0.1) is 17.8 Å². The van der Waals surface area contributed by atoms with Gasteiger partial charge in [-0.25, -0.2) is 0 Å². The minimum absolute atomic E-state index is 0.209. The molecule has 2 saturated carbocycles. The molecule has 0 saturated heterocycles. The highest BCUT2D eigenvalue weighted by atomic mass is 19.4. The van der Waals surface area contributed by atoms with Gasteiger partial charge in [0.15, 0.2) is 0 Å². The molecule has 1 aromatic carbocycles. The van der Waals surface area contributed by atoms with E-state index in [-0.39, 0.29) is 5.69 Å². The summed E-state index contributed by atoms with van der Waals surface area (Å²) in [6.07, 6.45) is 0.779. The molecule has 2 N–H and O–H groups in total. The average molecular weight is 298 g/mol. The highest BCUT2D eigenvalue weighted by Crippen LogP contribution is 2.48. The van der Waals surface area contributed by atoms with Crippen LogP contribution in [0.25, 0.3) is 0 Å². The number of alkyl halides is 3. The van der Waals surface area contributed by atoms with Crippen LogP contribution in [-0.4, -0.2) is 13.6 Å². The van der Waals surface area contributed by atoms with Gasteiger partial charge < -0.3 is 10.6 Å². The van der Waals surface area contributed by atoms with E-state index in [2.05, 4.69) is 0 Å². The van der Waals surface area contributed by atoms with Crippen molar-refractivity contribution in [3.05, 3.63) is 23.8 Å². The van der Waals surface area contributed by atoms with E-state index in [0.717, 1.165) is 18.4 Å². The minimum Gasteiger partial charge on any atom is -0.398 e. The average Bonchev–Trinajstić information content (AvgIpc) is 3.00. The number of nitrogens with zero attached hydrogens (tertiary/aromatic N) is 1. The molecule has 21 heavy (non-hydrogen) atoms. The maximum atomic E-state index is 12.9. The van der Waals surface area contributed by atoms with Gasteiger partial charge in [-0.15, -0.1) is 0 Å². The predicted molar refractivity (Wildman–Crippen MR) is 78.1 cm³/mol. The van der Waals surface area contributed by atoms with Crippen LogP contribution in [0.3, 0.4) is 0 Å². The Kier molecular flexibility index (Phi) is 3.54. The number of hydrogen-bond acceptors (Lipinski definition) is 2. The van der Waals surface area contributed by atoms with Crippen LogP contribution in [0.1, 0.15) is 31.2 Å². The molecule has 3 atom stereocenters. The minimum atomic E-state index is -4.40. The molecule has 0 spiro atoms. The zero-order chi connectivity index (χ0) is 15.2. The van der Waals surface area contributed by atoms with E-state index in [9.17, 15) is 13.2 Å². The Morgan fingerprint density at radius 1 is 1.24 bits per heavy atom. The van der Waals surface area contributed by atoms with E-state index in [1.54, 1.807) is 6.07 Å². The van der Waals surface area contributed by atoms with Gasteiger partial charge >= 0.3 is 6.18 Å². The Labute approximate surface area is 123 Å². The molecular formula is C16H21F3N2. The summed E-state index contributed by atoms with van der Waals surface area (Å²) in [5.74, 6) is 2.25. The number of nitrogen functional groups attached to an aromatic ring is 1. The van der Waals surface area contributed by atoms with E-state index in [1.165, 1.54) is 37.8 Å². The summed E-state index contributed by atoms with van der Waals surface area (Å²) in [4.78, 5) is 1.94. The second kappa shape index (κ2) is 5.11. The Balaban J connectivity index is 1.74. The highest BCUT2D eigenvalue weighted by molar-refractivity contribution is 5.59. The maximum absolute atomic E-state index is 12.9. The summed E-state index contributed by atoms with van der Waals surface area (Å²) in [5, 5.41) is 0. The summed E-state index contributed by atoms with van der Waals surface area (Å²) in [6.45, 7) is 0.836. The second-order valence-corrected chi connectivity index (χ2v) is 6.58. The summed E-state index contributed by atoms with van der Waals surface area (Å²) >= 11 is 0. The molecule has 0 amide bonds. The number of nitrogens with two attached hydrogens (primary N) is 1. The van der Waals surface area contributed by atoms with Crippen molar-refractivity contribution >= 4 is 11.4 Å². The number of anilines is 2. The number of benzene rings is 1. The summed E-state index contributed by atoms with van der Waals surface area (Å²) < 4.78 is 38.8. The van der Waals surface area contributed by atoms with Gasteiger partial charge in [-0.1, -0.05) is 6.42 Å². The van der Waals surface area contributed by atoms with Crippen molar-refractivity contribution in [1.82, 2.24) is 0 Å². The quantitative estimate of drug-likeness (QED) is 0.849. The Morgan fingerprint density at radius 3 is 2.57 bits per heavy atom. The molecule has 5 heteroatoms. The normalized spacial score (nSPS) is 28.1. The molecule has 0 radical (unpaired) electrons. The number of rotatable bonds is 3. The lowest BCUT2D eigenvalue weighted by atomic mass is 9.88. The van der Waals surface area contributed by atoms with Crippen LogP contribution in [0.2, 0.25) is 0 Å². The fourth-order valence-electron chi connectivity index (χ4n) is 4.08. The summed E-state index contributed by atoms with van der Waals surface area (Å²) in [6, 6.07) is 4.20. The Morgan fingerprint density at radius 2 is 2.00 bits per heavy atom. The van der Waals surface area contributed by atoms with Crippen molar-refractivity contribution in [2.45, 2.75) is 31.9 Å². The predicted octanol–water partition coefficient (Wildman–Crippen LogP) is 4.16. The molecule has 0 heterocycles. The SMILES string of the molecule is CN(CC1CC2CCC1C2)c1ccc(N)c(C(F)(F)F)c1. The van der Waals surface area contributed by atoms with Crippen LogP contribution in [-0.2, 0) is 6.18 Å². The largest absolute Gasteiger partial charge is 0.418 e. The third kappa shape index (κ3) is 2.83. The lowest BCUT2D eigenvalue weighted by Crippen LogP contribution is -2.28. The standard InChI is InChI=1S/C16H21F3N2/c1-21(9-12-7-10-2-3-11(12)6-10)13-4-5-15(20)14(8-13)16(17,18)19/h4-5,8,10-12H,2-3,6-7,9,20H2,1H3. The molecule has 0 aliphatic heterocycles. The first-order valence-corrected chi connectivity index (χ1v) is 7.52. The van der Waals surface area contributed by atoms with Crippen LogP contribution in [0.5, 0.6) is 0 Å². The molecule has 2 bridgehead atoms. The molecule has 1 aromatic rings. The summed E-state index contributed by atoms with van der Waals surface area (Å²) in [7, 11) is 1.87. The van der Waals surface area contributed by atoms with Crippen molar-refractivity contribution < 1.29 is 13.2 Å². The van der Waals surface area contributed by atoms with E-state index in [0.29, 0.717) is 11.6 Å². The lowest BCUT2D eigenvalue weighted by molar-refractivity contribution is -0.136. The van der Waals surface area contributed by atoms with Crippen LogP contribution in [0.4, 0.5) is 24.5 Å². The van der Waals surface area contributed by atoms with Gasteiger partial charge in [0.1, 0.15) is 0 Å². The van der Waals surface area contributed by atoms with E-state index < -0.39 is 11.7 Å². The topological polar surface area (TPSA) is 29.3 Å². The first kappa shape index (κ1) is 14.5. The summed E-state index contributed by atoms with van der Waals surface area (Å²) in [5.41, 5.74) is 5.10. The van der Waals surface area contributed by atoms with Crippen LogP contribution < -0.4 is 10.6 Å². The van der Waals surface area contributed by atoms with Crippen molar-refractivity contribution in [3.63, 3.8) is 0 Å². The molecule has 2 nitrogen and oxygen atoms in total. The number of halogens is 3. The monoisotopic (exact) mass is 298 g/mol. The van der Waals surface area contributed by atoms with Gasteiger partial charge in [-0.2, -0.15) is 13.2 Å². The van der Waals surface area contributed by atoms with Gasteiger partial charge in [0.2, 0.25) is 0 Å². The fraction of sp³-hybridized carbons (Fsp3) is 0.625. The van der Waals surface area contributed by atoms with Gasteiger partial charge in [0.05, 0.1) is 5.56 Å². The van der Waals surface area contributed by atoms with Crippen molar-refractivity contribution in [3.8, 4) is 0 Å². The highest BCUT2D eigenvalue weighted by Gasteiger charge is 2.40. The van der Waals surface area contributed by atoms with Gasteiger partial charge in [-0.3, -0.25) is 0 Å². The maximum Gasteiger partial charge on any atom is 0.418 e. The zero-order valence-electron chi connectivity index (χ0n) is 12.2. The van der Waals surface area contributed by atoms with Gasteiger partial charge in [0.25, 0.3) is 0 Å². The van der Waals surface area contributed by atoms with Gasteiger partial charge in [-0.05, 0) is 55.2 Å². The first-order chi connectivity index (χ1) is 9.84. The molecule has 3 unspecified atom stereocenters. The fourth-order valence-corrected chi connectivity index (χ4v) is 4.08. The van der Waals surface area contributed by atoms with Gasteiger partial charge in [0, 0.05) is 25.0 Å². The van der Waals surface area contributed by atoms with E-state index in [1.807, 2.05) is 11.9 Å². The second-order valence-electron chi connectivity index (χ2n) is 6.58. The molecule has 116 valence electrons. The smallest absolute Gasteiger partial charge is 0.398 e. The first-order valence-electron chi connectivity index (χ1n) is 7.52. The van der Waals surface area contributed by atoms with Crippen LogP contribution >= 0.6 is 0 Å². The Hall–Kier alpha value is -1.39. The van der Waals surface area contributed by atoms with Crippen molar-refractivity contribution in [2.75, 3.05) is 24.2 Å². The van der Waals surface area contributed by atoms with Crippen molar-refractivity contribution in [1.29, 1.82) is 0 Å². The number of hydrogen-bond donors (Lipinski definition) is 1. The Bertz CT molecular complexity index is 527. The molecule has 2 fully saturated rings. The molecule has 0 aromatic heterocycles. The third-order valence-electron chi connectivity index (χ3n) is 5.18. The van der Waals surface area contributed by atoms with E-state index >= 15 is 0 Å². The third-order valence-corrected chi connectivity index (χ3v) is 5.18. The number of fused-ring (bicyclic) bond motifs is 2. The molecular weight excluding hydrogens is 277 g/mol. The van der Waals surface area contributed by atoms with Crippen LogP contribution in [0.15, 0.2) is 18.2 Å². The molecule has 2 aliphatic carbocycles. The lowest BCUT2D eigenvalue weighted by Gasteiger charge is -2.29. The zero-order valence-corrected chi connectivity index (χ0v) is 12.2. The van der Waals surface area contributed by atoms with Crippen molar-refractivity contribution in [2.24, 2.45) is 17.8 Å². The van der Waals surface area contributed by atoms with E-state index in [4.69, 9.17) is 5.73 Å². The molecule has 3 rings (SSSR count).